The van der Waals surface area contributed by atoms with Crippen molar-refractivity contribution in [3.8, 4) is 11.8 Å². The van der Waals surface area contributed by atoms with E-state index in [-0.39, 0.29) is 5.82 Å². The number of aryl methyl sites for hydroxylation is 2. The Hall–Kier alpha value is -2.07. The summed E-state index contributed by atoms with van der Waals surface area (Å²) >= 11 is 0. The molecule has 0 nitrogen and oxygen atoms in total. The molecule has 0 bridgehead atoms. The van der Waals surface area contributed by atoms with Gasteiger partial charge < -0.3 is 0 Å². The van der Waals surface area contributed by atoms with Gasteiger partial charge in [0.05, 0.1) is 5.56 Å². The van der Waals surface area contributed by atoms with Crippen molar-refractivity contribution in [1.29, 1.82) is 0 Å². The lowest BCUT2D eigenvalue weighted by atomic mass is 10.0. The fraction of sp³-hybridized carbons (Fsp3) is 0.300. The number of hydrogen-bond donors (Lipinski definition) is 0. The van der Waals surface area contributed by atoms with Gasteiger partial charge in [0, 0.05) is 5.56 Å². The Morgan fingerprint density at radius 1 is 1.00 bits per heavy atom. The van der Waals surface area contributed by atoms with Crippen LogP contribution >= 0.6 is 0 Å². The van der Waals surface area contributed by atoms with E-state index in [1.807, 2.05) is 13.0 Å². The molecule has 0 radical (unpaired) electrons. The molecule has 1 saturated carbocycles. The maximum atomic E-state index is 13.8. The van der Waals surface area contributed by atoms with Crippen LogP contribution < -0.4 is 0 Å². The second-order valence-corrected chi connectivity index (χ2v) is 6.13. The summed E-state index contributed by atoms with van der Waals surface area (Å²) in [6.45, 7) is 6.24. The van der Waals surface area contributed by atoms with Crippen LogP contribution in [0.4, 0.5) is 4.39 Å². The van der Waals surface area contributed by atoms with Crippen LogP contribution in [-0.2, 0) is 0 Å². The van der Waals surface area contributed by atoms with Gasteiger partial charge >= 0.3 is 0 Å². The van der Waals surface area contributed by atoms with Crippen molar-refractivity contribution in [2.75, 3.05) is 0 Å². The third-order valence-electron chi connectivity index (χ3n) is 4.24. The Bertz CT molecular complexity index is 746. The first-order valence-corrected chi connectivity index (χ1v) is 7.43. The van der Waals surface area contributed by atoms with Crippen LogP contribution in [0.1, 0.15) is 47.1 Å². The Balaban J connectivity index is 1.87. The highest BCUT2D eigenvalue weighted by Gasteiger charge is 2.33. The molecule has 1 heteroatoms. The van der Waals surface area contributed by atoms with Gasteiger partial charge in [-0.1, -0.05) is 37.0 Å². The molecule has 2 aromatic carbocycles. The Morgan fingerprint density at radius 2 is 1.67 bits per heavy atom. The zero-order valence-corrected chi connectivity index (χ0v) is 12.7. The third-order valence-corrected chi connectivity index (χ3v) is 4.24. The SMILES string of the molecule is Cc1ccc(C#Cc2ccc(C3CC3C)cc2C)c(F)c1. The van der Waals surface area contributed by atoms with Crippen LogP contribution in [0.3, 0.4) is 0 Å². The number of rotatable bonds is 1. The monoisotopic (exact) mass is 278 g/mol. The van der Waals surface area contributed by atoms with Gasteiger partial charge in [0.25, 0.3) is 0 Å². The molecule has 3 rings (SSSR count). The molecule has 0 amide bonds. The van der Waals surface area contributed by atoms with Crippen molar-refractivity contribution in [1.82, 2.24) is 0 Å². The highest BCUT2D eigenvalue weighted by atomic mass is 19.1. The minimum Gasteiger partial charge on any atom is -0.206 e. The van der Waals surface area contributed by atoms with E-state index in [1.54, 1.807) is 6.07 Å². The van der Waals surface area contributed by atoms with Crippen molar-refractivity contribution in [3.05, 3.63) is 70.0 Å². The average molecular weight is 278 g/mol. The van der Waals surface area contributed by atoms with E-state index in [1.165, 1.54) is 23.6 Å². The number of halogens is 1. The maximum absolute atomic E-state index is 13.8. The van der Waals surface area contributed by atoms with E-state index >= 15 is 0 Å². The molecule has 2 atom stereocenters. The summed E-state index contributed by atoms with van der Waals surface area (Å²) < 4.78 is 13.8. The summed E-state index contributed by atoms with van der Waals surface area (Å²) in [6.07, 6.45) is 1.29. The number of hydrogen-bond acceptors (Lipinski definition) is 0. The first kappa shape index (κ1) is 13.9. The Labute approximate surface area is 126 Å². The minimum atomic E-state index is -0.247. The molecular formula is C20H19F. The standard InChI is InChI=1S/C20H19F/c1-13-4-5-17(20(21)10-13)8-6-16-7-9-18(11-14(16)2)19-12-15(19)3/h4-5,7,9-11,15,19H,12H2,1-3H3. The average Bonchev–Trinajstić information content (AvgIpc) is 3.16. The second kappa shape index (κ2) is 5.37. The smallest absolute Gasteiger partial charge is 0.139 e. The fourth-order valence-corrected chi connectivity index (χ4v) is 2.70. The Kier molecular flexibility index (Phi) is 3.55. The molecule has 0 saturated heterocycles. The lowest BCUT2D eigenvalue weighted by molar-refractivity contribution is 0.623. The maximum Gasteiger partial charge on any atom is 0.139 e. The van der Waals surface area contributed by atoms with E-state index in [0.29, 0.717) is 5.56 Å². The molecule has 1 aliphatic rings. The first-order valence-electron chi connectivity index (χ1n) is 7.43. The highest BCUT2D eigenvalue weighted by molar-refractivity contribution is 5.48. The normalized spacial score (nSPS) is 19.8. The van der Waals surface area contributed by atoms with Crippen LogP contribution in [-0.4, -0.2) is 0 Å². The molecule has 2 aromatic rings. The van der Waals surface area contributed by atoms with E-state index in [2.05, 4.69) is 43.9 Å². The fourth-order valence-electron chi connectivity index (χ4n) is 2.70. The van der Waals surface area contributed by atoms with Gasteiger partial charge in [0.2, 0.25) is 0 Å². The largest absolute Gasteiger partial charge is 0.206 e. The van der Waals surface area contributed by atoms with Gasteiger partial charge in [-0.3, -0.25) is 0 Å². The second-order valence-electron chi connectivity index (χ2n) is 6.13. The van der Waals surface area contributed by atoms with Crippen LogP contribution in [0.2, 0.25) is 0 Å². The van der Waals surface area contributed by atoms with Crippen molar-refractivity contribution >= 4 is 0 Å². The Morgan fingerprint density at radius 3 is 2.29 bits per heavy atom. The summed E-state index contributed by atoms with van der Waals surface area (Å²) in [5.41, 5.74) is 4.93. The predicted octanol–water partition coefficient (Wildman–Crippen LogP) is 4.97. The molecule has 0 spiro atoms. The van der Waals surface area contributed by atoms with Crippen molar-refractivity contribution < 1.29 is 4.39 Å². The zero-order valence-electron chi connectivity index (χ0n) is 12.7. The summed E-state index contributed by atoms with van der Waals surface area (Å²) in [6, 6.07) is 11.6. The van der Waals surface area contributed by atoms with Crippen LogP contribution in [0.25, 0.3) is 0 Å². The van der Waals surface area contributed by atoms with Gasteiger partial charge in [-0.25, -0.2) is 4.39 Å². The zero-order chi connectivity index (χ0) is 15.0. The molecule has 106 valence electrons. The molecule has 0 aromatic heterocycles. The van der Waals surface area contributed by atoms with E-state index in [9.17, 15) is 4.39 Å². The molecule has 0 heterocycles. The van der Waals surface area contributed by atoms with Crippen LogP contribution in [0.15, 0.2) is 36.4 Å². The summed E-state index contributed by atoms with van der Waals surface area (Å²) in [4.78, 5) is 0. The summed E-state index contributed by atoms with van der Waals surface area (Å²) in [5, 5.41) is 0. The highest BCUT2D eigenvalue weighted by Crippen LogP contribution is 2.47. The van der Waals surface area contributed by atoms with Gasteiger partial charge in [-0.05, 0) is 67.0 Å². The van der Waals surface area contributed by atoms with Crippen LogP contribution in [0, 0.1) is 37.4 Å². The molecule has 0 aliphatic heterocycles. The van der Waals surface area contributed by atoms with Crippen LogP contribution in [0.5, 0.6) is 0 Å². The number of benzene rings is 2. The quantitative estimate of drug-likeness (QED) is 0.646. The lowest BCUT2D eigenvalue weighted by Crippen LogP contribution is -1.88. The third kappa shape index (κ3) is 3.00. The van der Waals surface area contributed by atoms with Gasteiger partial charge in [-0.15, -0.1) is 0 Å². The summed E-state index contributed by atoms with van der Waals surface area (Å²) in [5.74, 6) is 7.33. The van der Waals surface area contributed by atoms with E-state index in [0.717, 1.165) is 23.0 Å². The summed E-state index contributed by atoms with van der Waals surface area (Å²) in [7, 11) is 0. The molecule has 0 N–H and O–H groups in total. The molecule has 21 heavy (non-hydrogen) atoms. The molecule has 1 aliphatic carbocycles. The molecule has 1 fully saturated rings. The molecular weight excluding hydrogens is 259 g/mol. The van der Waals surface area contributed by atoms with Crippen molar-refractivity contribution in [2.24, 2.45) is 5.92 Å². The van der Waals surface area contributed by atoms with Gasteiger partial charge in [-0.2, -0.15) is 0 Å². The topological polar surface area (TPSA) is 0 Å². The van der Waals surface area contributed by atoms with E-state index in [4.69, 9.17) is 0 Å². The van der Waals surface area contributed by atoms with Gasteiger partial charge in [0.15, 0.2) is 0 Å². The van der Waals surface area contributed by atoms with Crippen molar-refractivity contribution in [3.63, 3.8) is 0 Å². The first-order chi connectivity index (χ1) is 10.0. The minimum absolute atomic E-state index is 0.247. The van der Waals surface area contributed by atoms with E-state index < -0.39 is 0 Å². The lowest BCUT2D eigenvalue weighted by Gasteiger charge is -2.03. The van der Waals surface area contributed by atoms with Gasteiger partial charge in [0.1, 0.15) is 5.82 Å². The molecule has 2 unspecified atom stereocenters. The van der Waals surface area contributed by atoms with Crippen molar-refractivity contribution in [2.45, 2.75) is 33.1 Å². The predicted molar refractivity (Wildman–Crippen MR) is 84.8 cm³/mol.